The number of aromatic nitrogens is 2. The summed E-state index contributed by atoms with van der Waals surface area (Å²) in [6.07, 6.45) is 4.28. The third-order valence-corrected chi connectivity index (χ3v) is 9.10. The van der Waals surface area contributed by atoms with Gasteiger partial charge in [0.2, 0.25) is 5.88 Å². The number of ether oxygens (including phenoxy) is 5. The highest BCUT2D eigenvalue weighted by Crippen LogP contribution is 2.51. The van der Waals surface area contributed by atoms with Gasteiger partial charge in [-0.1, -0.05) is 0 Å². The molecule has 2 aliphatic heterocycles. The van der Waals surface area contributed by atoms with Crippen molar-refractivity contribution in [2.75, 3.05) is 43.1 Å². The summed E-state index contributed by atoms with van der Waals surface area (Å²) in [5.74, 6) is 0.0980. The highest BCUT2D eigenvalue weighted by Gasteiger charge is 2.48. The van der Waals surface area contributed by atoms with E-state index in [1.54, 1.807) is 44.7 Å². The second kappa shape index (κ2) is 13.7. The van der Waals surface area contributed by atoms with E-state index in [0.29, 0.717) is 29.4 Å². The number of amides is 3. The van der Waals surface area contributed by atoms with Crippen LogP contribution in [-0.2, 0) is 14.2 Å². The summed E-state index contributed by atoms with van der Waals surface area (Å²) in [7, 11) is 0. The predicted molar refractivity (Wildman–Crippen MR) is 188 cm³/mol. The molecule has 1 saturated heterocycles. The van der Waals surface area contributed by atoms with Crippen LogP contribution in [0, 0.1) is 11.2 Å². The first kappa shape index (κ1) is 35.9. The van der Waals surface area contributed by atoms with Gasteiger partial charge in [-0.15, -0.1) is 0 Å². The molecule has 1 aromatic carbocycles. The van der Waals surface area contributed by atoms with Gasteiger partial charge in [0.15, 0.2) is 11.4 Å². The fraction of sp³-hybridized carbons (Fsp3) is 0.541. The molecule has 1 aliphatic carbocycles. The molecule has 4 heterocycles. The maximum atomic E-state index is 15.7. The quantitative estimate of drug-likeness (QED) is 0.262. The normalized spacial score (nSPS) is 17.3. The smallest absolute Gasteiger partial charge is 0.415 e. The van der Waals surface area contributed by atoms with E-state index in [1.807, 2.05) is 20.8 Å². The Balaban J connectivity index is 1.15. The minimum atomic E-state index is -0.744. The maximum absolute atomic E-state index is 15.7. The molecule has 0 bridgehead atoms. The van der Waals surface area contributed by atoms with Crippen molar-refractivity contribution in [2.45, 2.75) is 91.5 Å². The molecule has 3 amide bonds. The first-order valence-corrected chi connectivity index (χ1v) is 17.4. The van der Waals surface area contributed by atoms with E-state index in [1.165, 1.54) is 23.4 Å². The number of pyridine rings is 2. The molecule has 1 N–H and O–H groups in total. The number of nitrogens with zero attached hydrogens (tertiary/aromatic N) is 4. The summed E-state index contributed by atoms with van der Waals surface area (Å²) in [5.41, 5.74) is -0.481. The first-order chi connectivity index (χ1) is 24.0. The lowest BCUT2D eigenvalue weighted by atomic mass is 9.61. The molecule has 3 aliphatic rings. The van der Waals surface area contributed by atoms with Crippen LogP contribution in [0.1, 0.15) is 74.1 Å². The van der Waals surface area contributed by atoms with Gasteiger partial charge < -0.3 is 28.6 Å². The van der Waals surface area contributed by atoms with Crippen LogP contribution >= 0.6 is 0 Å². The van der Waals surface area contributed by atoms with Crippen molar-refractivity contribution in [2.24, 2.45) is 5.41 Å². The molecule has 2 fully saturated rings. The third kappa shape index (κ3) is 8.04. The molecule has 0 radical (unpaired) electrons. The Morgan fingerprint density at radius 1 is 0.922 bits per heavy atom. The number of fused-ring (bicyclic) bond motifs is 2. The van der Waals surface area contributed by atoms with E-state index in [-0.39, 0.29) is 66.1 Å². The number of nitrogens with one attached hydrogen (secondary N) is 1. The van der Waals surface area contributed by atoms with Crippen molar-refractivity contribution >= 4 is 40.6 Å². The number of hydrogen-bond acceptors (Lipinski definition) is 10. The fourth-order valence-electron chi connectivity index (χ4n) is 6.75. The number of piperidine rings is 1. The molecule has 13 nitrogen and oxygen atoms in total. The molecule has 2 aromatic heterocycles. The Morgan fingerprint density at radius 2 is 1.61 bits per heavy atom. The number of carbonyl (C=O) groups is 3. The Labute approximate surface area is 296 Å². The molecular weight excluding hydrogens is 661 g/mol. The summed E-state index contributed by atoms with van der Waals surface area (Å²) in [4.78, 5) is 50.4. The van der Waals surface area contributed by atoms with Gasteiger partial charge in [-0.2, -0.15) is 0 Å². The average molecular weight is 708 g/mol. The number of likely N-dealkylation sites (tertiary alicyclic amines) is 1. The van der Waals surface area contributed by atoms with E-state index >= 15 is 4.39 Å². The summed E-state index contributed by atoms with van der Waals surface area (Å²) in [6.45, 7) is 14.5. The molecule has 274 valence electrons. The summed E-state index contributed by atoms with van der Waals surface area (Å²) < 4.78 is 44.4. The van der Waals surface area contributed by atoms with Crippen LogP contribution in [0.3, 0.4) is 0 Å². The molecule has 51 heavy (non-hydrogen) atoms. The lowest BCUT2D eigenvalue weighted by Crippen LogP contribution is -2.52. The van der Waals surface area contributed by atoms with E-state index in [9.17, 15) is 14.4 Å². The van der Waals surface area contributed by atoms with Crippen molar-refractivity contribution in [3.8, 4) is 22.8 Å². The van der Waals surface area contributed by atoms with Crippen LogP contribution in [0.25, 0.3) is 21.9 Å². The Kier molecular flexibility index (Phi) is 9.64. The van der Waals surface area contributed by atoms with Crippen molar-refractivity contribution in [3.63, 3.8) is 0 Å². The van der Waals surface area contributed by atoms with Crippen LogP contribution in [0.5, 0.6) is 11.6 Å². The third-order valence-electron chi connectivity index (χ3n) is 9.10. The van der Waals surface area contributed by atoms with Crippen molar-refractivity contribution in [3.05, 3.63) is 36.4 Å². The lowest BCUT2D eigenvalue weighted by Gasteiger charge is -2.51. The number of carbonyl (C=O) groups excluding carboxylic acids is 3. The summed E-state index contributed by atoms with van der Waals surface area (Å²) >= 11 is 0. The van der Waals surface area contributed by atoms with Gasteiger partial charge in [-0.3, -0.25) is 10.2 Å². The van der Waals surface area contributed by atoms with Gasteiger partial charge in [0.1, 0.15) is 35.5 Å². The van der Waals surface area contributed by atoms with Crippen molar-refractivity contribution in [1.29, 1.82) is 0 Å². The van der Waals surface area contributed by atoms with Crippen LogP contribution in [0.15, 0.2) is 30.6 Å². The van der Waals surface area contributed by atoms with Crippen molar-refractivity contribution < 1.29 is 42.5 Å². The number of anilines is 2. The molecule has 3 aromatic rings. The largest absolute Gasteiger partial charge is 0.491 e. The van der Waals surface area contributed by atoms with Gasteiger partial charge in [-0.25, -0.2) is 28.7 Å². The number of halogens is 1. The van der Waals surface area contributed by atoms with E-state index < -0.39 is 29.2 Å². The average Bonchev–Trinajstić information content (AvgIpc) is 3.02. The van der Waals surface area contributed by atoms with Crippen molar-refractivity contribution in [1.82, 2.24) is 14.9 Å². The first-order valence-electron chi connectivity index (χ1n) is 17.4. The lowest BCUT2D eigenvalue weighted by molar-refractivity contribution is -0.0717. The molecule has 14 heteroatoms. The highest BCUT2D eigenvalue weighted by atomic mass is 19.1. The maximum Gasteiger partial charge on any atom is 0.415 e. The minimum Gasteiger partial charge on any atom is -0.491 e. The summed E-state index contributed by atoms with van der Waals surface area (Å²) in [6, 6.07) is 4.60. The van der Waals surface area contributed by atoms with Gasteiger partial charge in [0.25, 0.3) is 0 Å². The number of rotatable bonds is 5. The SMILES string of the molecule is CCOc1c(-c2cc3cc(NC(=O)OC4CC5(CCN(C(=O)OC(C)(C)C)CC5)C4)ncc3cc2F)cnc2c1N(C(=O)OC(C)(C)C)CCO2. The zero-order valence-electron chi connectivity index (χ0n) is 30.3. The van der Waals surface area contributed by atoms with Crippen LogP contribution in [-0.4, -0.2) is 83.3 Å². The molecule has 6 rings (SSSR count). The number of hydrogen-bond donors (Lipinski definition) is 1. The van der Waals surface area contributed by atoms with Gasteiger partial charge in [-0.05, 0) is 103 Å². The van der Waals surface area contributed by atoms with E-state index in [0.717, 1.165) is 25.7 Å². The topological polar surface area (TPSA) is 142 Å². The molecular formula is C37H46FN5O8. The molecule has 0 atom stereocenters. The van der Waals surface area contributed by atoms with E-state index in [2.05, 4.69) is 15.3 Å². The van der Waals surface area contributed by atoms with Crippen LogP contribution < -0.4 is 19.7 Å². The van der Waals surface area contributed by atoms with Gasteiger partial charge >= 0.3 is 18.3 Å². The Bertz CT molecular complexity index is 1820. The van der Waals surface area contributed by atoms with Gasteiger partial charge in [0.05, 0.1) is 13.2 Å². The Hall–Kier alpha value is -4.88. The van der Waals surface area contributed by atoms with Crippen LogP contribution in [0.4, 0.5) is 30.3 Å². The van der Waals surface area contributed by atoms with Gasteiger partial charge in [0, 0.05) is 42.0 Å². The van der Waals surface area contributed by atoms with E-state index in [4.69, 9.17) is 23.7 Å². The zero-order valence-corrected chi connectivity index (χ0v) is 30.3. The predicted octanol–water partition coefficient (Wildman–Crippen LogP) is 7.70. The zero-order chi connectivity index (χ0) is 36.7. The second-order valence-corrected chi connectivity index (χ2v) is 15.3. The fourth-order valence-corrected chi connectivity index (χ4v) is 6.75. The van der Waals surface area contributed by atoms with Crippen LogP contribution in [0.2, 0.25) is 0 Å². The highest BCUT2D eigenvalue weighted by molar-refractivity contribution is 5.97. The minimum absolute atomic E-state index is 0.0487. The standard InChI is InChI=1S/C37H46FN5O8/c1-8-47-30-26(21-40-31-29(30)43(13-14-48-31)34(46)51-36(5,6)7)25-15-22-17-28(39-20-23(22)16-27(25)38)41-32(44)49-24-18-37(19-24)9-11-42(12-10-37)33(45)50-35(2,3)4/h15-17,20-21,24H,8-14,18-19H2,1-7H3,(H,39,41,44). The molecule has 0 unspecified atom stereocenters. The monoisotopic (exact) mass is 707 g/mol. The molecule has 1 saturated carbocycles. The number of benzene rings is 1. The molecule has 1 spiro atoms. The Morgan fingerprint density at radius 3 is 2.27 bits per heavy atom. The second-order valence-electron chi connectivity index (χ2n) is 15.3. The summed E-state index contributed by atoms with van der Waals surface area (Å²) in [5, 5.41) is 3.81.